The molecule has 2 bridgehead atoms. The first-order valence-corrected chi connectivity index (χ1v) is 7.04. The summed E-state index contributed by atoms with van der Waals surface area (Å²) in [6, 6.07) is 0.0719. The van der Waals surface area contributed by atoms with Crippen LogP contribution in [-0.2, 0) is 18.4 Å². The highest BCUT2D eigenvalue weighted by molar-refractivity contribution is 5.85. The van der Waals surface area contributed by atoms with Crippen LogP contribution in [0.25, 0.3) is 0 Å². The van der Waals surface area contributed by atoms with Crippen molar-refractivity contribution in [2.24, 2.45) is 30.5 Å². The summed E-state index contributed by atoms with van der Waals surface area (Å²) in [7, 11) is 3.76. The molecule has 1 heterocycles. The van der Waals surface area contributed by atoms with E-state index in [9.17, 15) is 4.79 Å². The molecular weight excluding hydrogens is 311 g/mol. The molecule has 120 valence electrons. The van der Waals surface area contributed by atoms with Crippen LogP contribution in [0.15, 0.2) is 12.4 Å². The smallest absolute Gasteiger partial charge is 0.227 e. The van der Waals surface area contributed by atoms with Crippen molar-refractivity contribution in [3.8, 4) is 0 Å². The molecule has 2 aliphatic rings. The van der Waals surface area contributed by atoms with Crippen molar-refractivity contribution in [2.45, 2.75) is 31.8 Å². The summed E-state index contributed by atoms with van der Waals surface area (Å²) in [5.74, 6) is 1.35. The standard InChI is InChI=1S/C14H22N4O.2ClH/c1-17(7-9-6-16-18(2)8-9)14(19)12-10-3-4-11(5-10)13(12)15;;/h6,8,10-13H,3-5,7,15H2,1-2H3;2*1H. The largest absolute Gasteiger partial charge is 0.341 e. The van der Waals surface area contributed by atoms with Crippen LogP contribution in [-0.4, -0.2) is 33.7 Å². The number of fused-ring (bicyclic) bond motifs is 2. The lowest BCUT2D eigenvalue weighted by atomic mass is 9.84. The van der Waals surface area contributed by atoms with Gasteiger partial charge in [-0.3, -0.25) is 9.48 Å². The third-order valence-corrected chi connectivity index (χ3v) is 4.82. The SMILES string of the molecule is CN(Cc1cnn(C)c1)C(=O)C1C2CCC(C2)C1N.Cl.Cl. The molecule has 0 aliphatic heterocycles. The maximum absolute atomic E-state index is 12.6. The molecule has 5 nitrogen and oxygen atoms in total. The molecule has 2 saturated carbocycles. The quantitative estimate of drug-likeness (QED) is 0.912. The van der Waals surface area contributed by atoms with Gasteiger partial charge in [0.25, 0.3) is 0 Å². The molecule has 2 fully saturated rings. The fraction of sp³-hybridized carbons (Fsp3) is 0.714. The number of hydrogen-bond acceptors (Lipinski definition) is 3. The lowest BCUT2D eigenvalue weighted by molar-refractivity contribution is -0.137. The minimum atomic E-state index is 0. The van der Waals surface area contributed by atoms with Gasteiger partial charge in [-0.25, -0.2) is 0 Å². The van der Waals surface area contributed by atoms with E-state index in [1.165, 1.54) is 12.8 Å². The van der Waals surface area contributed by atoms with Crippen LogP contribution >= 0.6 is 24.8 Å². The molecule has 4 unspecified atom stereocenters. The summed E-state index contributed by atoms with van der Waals surface area (Å²) in [5, 5.41) is 4.13. The summed E-state index contributed by atoms with van der Waals surface area (Å²) in [4.78, 5) is 14.4. The Balaban J connectivity index is 0.00000110. The minimum absolute atomic E-state index is 0. The topological polar surface area (TPSA) is 64.2 Å². The molecule has 2 N–H and O–H groups in total. The zero-order valence-corrected chi connectivity index (χ0v) is 14.1. The average Bonchev–Trinajstić information content (AvgIpc) is 3.05. The van der Waals surface area contributed by atoms with E-state index in [0.717, 1.165) is 12.0 Å². The second kappa shape index (κ2) is 6.99. The van der Waals surface area contributed by atoms with E-state index < -0.39 is 0 Å². The minimum Gasteiger partial charge on any atom is -0.341 e. The zero-order chi connectivity index (χ0) is 13.6. The second-order valence-electron chi connectivity index (χ2n) is 6.15. The Labute approximate surface area is 138 Å². The van der Waals surface area contributed by atoms with Gasteiger partial charge in [-0.1, -0.05) is 0 Å². The number of carbonyl (C=O) groups is 1. The number of aryl methyl sites for hydroxylation is 1. The monoisotopic (exact) mass is 334 g/mol. The molecule has 21 heavy (non-hydrogen) atoms. The van der Waals surface area contributed by atoms with Gasteiger partial charge in [0.15, 0.2) is 0 Å². The van der Waals surface area contributed by atoms with E-state index in [-0.39, 0.29) is 42.7 Å². The molecule has 0 aromatic carbocycles. The number of hydrogen-bond donors (Lipinski definition) is 1. The van der Waals surface area contributed by atoms with Crippen molar-refractivity contribution in [1.29, 1.82) is 0 Å². The fourth-order valence-corrected chi connectivity index (χ4v) is 3.86. The molecule has 0 radical (unpaired) electrons. The molecule has 1 aromatic heterocycles. The molecule has 3 rings (SSSR count). The molecule has 0 spiro atoms. The third kappa shape index (κ3) is 3.35. The number of aromatic nitrogens is 2. The van der Waals surface area contributed by atoms with Gasteiger partial charge in [-0.2, -0.15) is 5.10 Å². The van der Waals surface area contributed by atoms with Crippen LogP contribution in [0.2, 0.25) is 0 Å². The molecule has 1 aromatic rings. The van der Waals surface area contributed by atoms with E-state index in [4.69, 9.17) is 5.73 Å². The number of rotatable bonds is 3. The zero-order valence-electron chi connectivity index (χ0n) is 12.4. The van der Waals surface area contributed by atoms with Crippen LogP contribution in [0.3, 0.4) is 0 Å². The molecular formula is C14H24Cl2N4O. The van der Waals surface area contributed by atoms with Crippen molar-refractivity contribution in [1.82, 2.24) is 14.7 Å². The third-order valence-electron chi connectivity index (χ3n) is 4.82. The second-order valence-corrected chi connectivity index (χ2v) is 6.15. The van der Waals surface area contributed by atoms with E-state index in [1.54, 1.807) is 4.68 Å². The van der Waals surface area contributed by atoms with Crippen molar-refractivity contribution in [3.63, 3.8) is 0 Å². The van der Waals surface area contributed by atoms with Gasteiger partial charge in [0.2, 0.25) is 5.91 Å². The van der Waals surface area contributed by atoms with Crippen molar-refractivity contribution in [2.75, 3.05) is 7.05 Å². The molecule has 2 aliphatic carbocycles. The fourth-order valence-electron chi connectivity index (χ4n) is 3.86. The lowest BCUT2D eigenvalue weighted by Crippen LogP contribution is -2.45. The van der Waals surface area contributed by atoms with Crippen LogP contribution in [0.5, 0.6) is 0 Å². The summed E-state index contributed by atoms with van der Waals surface area (Å²) < 4.78 is 1.76. The highest BCUT2D eigenvalue weighted by Gasteiger charge is 2.49. The normalized spacial score (nSPS) is 29.7. The average molecular weight is 335 g/mol. The Kier molecular flexibility index (Phi) is 6.08. The van der Waals surface area contributed by atoms with Gasteiger partial charge >= 0.3 is 0 Å². The predicted molar refractivity (Wildman–Crippen MR) is 86.5 cm³/mol. The predicted octanol–water partition coefficient (Wildman–Crippen LogP) is 1.60. The van der Waals surface area contributed by atoms with Crippen LogP contribution in [0, 0.1) is 17.8 Å². The maximum atomic E-state index is 12.6. The van der Waals surface area contributed by atoms with E-state index in [1.807, 2.05) is 31.4 Å². The maximum Gasteiger partial charge on any atom is 0.227 e. The van der Waals surface area contributed by atoms with Gasteiger partial charge in [0, 0.05) is 38.4 Å². The van der Waals surface area contributed by atoms with Gasteiger partial charge in [-0.05, 0) is 31.1 Å². The van der Waals surface area contributed by atoms with E-state index in [2.05, 4.69) is 5.10 Å². The first-order chi connectivity index (χ1) is 9.06. The van der Waals surface area contributed by atoms with Gasteiger partial charge in [0.1, 0.15) is 0 Å². The van der Waals surface area contributed by atoms with Crippen LogP contribution in [0.1, 0.15) is 24.8 Å². The number of carbonyl (C=O) groups excluding carboxylic acids is 1. The highest BCUT2D eigenvalue weighted by atomic mass is 35.5. The summed E-state index contributed by atoms with van der Waals surface area (Å²) in [6.45, 7) is 0.618. The van der Waals surface area contributed by atoms with E-state index in [0.29, 0.717) is 18.4 Å². The molecule has 4 atom stereocenters. The first kappa shape index (κ1) is 18.3. The van der Waals surface area contributed by atoms with Gasteiger partial charge in [-0.15, -0.1) is 24.8 Å². The Morgan fingerprint density at radius 3 is 2.62 bits per heavy atom. The van der Waals surface area contributed by atoms with Crippen LogP contribution in [0.4, 0.5) is 0 Å². The number of amides is 1. The van der Waals surface area contributed by atoms with Crippen LogP contribution < -0.4 is 5.73 Å². The first-order valence-electron chi connectivity index (χ1n) is 7.04. The summed E-state index contributed by atoms with van der Waals surface area (Å²) >= 11 is 0. The molecule has 1 amide bonds. The summed E-state index contributed by atoms with van der Waals surface area (Å²) in [5.41, 5.74) is 7.30. The Hall–Kier alpha value is -0.780. The Morgan fingerprint density at radius 1 is 1.43 bits per heavy atom. The Morgan fingerprint density at radius 2 is 2.10 bits per heavy atom. The van der Waals surface area contributed by atoms with Gasteiger partial charge < -0.3 is 10.6 Å². The Bertz CT molecular complexity index is 491. The van der Waals surface area contributed by atoms with Crippen molar-refractivity contribution >= 4 is 30.7 Å². The number of nitrogens with two attached hydrogens (primary N) is 1. The van der Waals surface area contributed by atoms with Gasteiger partial charge in [0.05, 0.1) is 12.1 Å². The van der Waals surface area contributed by atoms with E-state index >= 15 is 0 Å². The highest BCUT2D eigenvalue weighted by Crippen LogP contribution is 2.48. The summed E-state index contributed by atoms with van der Waals surface area (Å²) in [6.07, 6.45) is 7.30. The van der Waals surface area contributed by atoms with Crippen molar-refractivity contribution in [3.05, 3.63) is 18.0 Å². The lowest BCUT2D eigenvalue weighted by Gasteiger charge is -2.30. The molecule has 7 heteroatoms. The van der Waals surface area contributed by atoms with Crippen molar-refractivity contribution < 1.29 is 4.79 Å². The number of nitrogens with zero attached hydrogens (tertiary/aromatic N) is 3. The molecule has 0 saturated heterocycles. The number of halogens is 2.